The molecule has 88 valence electrons. The highest BCUT2D eigenvalue weighted by molar-refractivity contribution is 8.00. The number of aromatic nitrogens is 1. The third kappa shape index (κ3) is 3.78. The molecule has 1 rings (SSSR count). The van der Waals surface area contributed by atoms with Crippen LogP contribution in [-0.4, -0.2) is 23.3 Å². The molecule has 5 heteroatoms. The average Bonchev–Trinajstić information content (AvgIpc) is 2.83. The van der Waals surface area contributed by atoms with E-state index in [4.69, 9.17) is 5.26 Å². The Morgan fingerprint density at radius 2 is 2.50 bits per heavy atom. The van der Waals surface area contributed by atoms with E-state index in [1.165, 1.54) is 0 Å². The number of thiazole rings is 1. The van der Waals surface area contributed by atoms with Crippen molar-refractivity contribution in [2.24, 2.45) is 0 Å². The van der Waals surface area contributed by atoms with Crippen LogP contribution >= 0.6 is 23.1 Å². The Balaban J connectivity index is 2.27. The Morgan fingerprint density at radius 3 is 3.00 bits per heavy atom. The number of rotatable bonds is 7. The lowest BCUT2D eigenvalue weighted by Crippen LogP contribution is -2.40. The largest absolute Gasteiger partial charge is 0.302 e. The second-order valence-electron chi connectivity index (χ2n) is 3.55. The van der Waals surface area contributed by atoms with Crippen LogP contribution in [0, 0.1) is 11.3 Å². The van der Waals surface area contributed by atoms with Crippen molar-refractivity contribution >= 4 is 23.1 Å². The summed E-state index contributed by atoms with van der Waals surface area (Å²) in [7, 11) is 1.86. The van der Waals surface area contributed by atoms with Crippen LogP contribution in [-0.2, 0) is 0 Å². The summed E-state index contributed by atoms with van der Waals surface area (Å²) in [6, 6.07) is 2.38. The Labute approximate surface area is 105 Å². The molecule has 0 fully saturated rings. The van der Waals surface area contributed by atoms with Crippen molar-refractivity contribution in [2.75, 3.05) is 12.8 Å². The van der Waals surface area contributed by atoms with Gasteiger partial charge in [0.2, 0.25) is 0 Å². The van der Waals surface area contributed by atoms with Gasteiger partial charge in [0.15, 0.2) is 0 Å². The van der Waals surface area contributed by atoms with Gasteiger partial charge in [-0.05, 0) is 26.3 Å². The molecule has 1 heterocycles. The molecule has 0 aromatic carbocycles. The van der Waals surface area contributed by atoms with Crippen molar-refractivity contribution in [3.63, 3.8) is 0 Å². The van der Waals surface area contributed by atoms with Gasteiger partial charge < -0.3 is 5.32 Å². The van der Waals surface area contributed by atoms with E-state index < -0.39 is 0 Å². The minimum Gasteiger partial charge on any atom is -0.302 e. The minimum atomic E-state index is -0.344. The Kier molecular flexibility index (Phi) is 5.81. The predicted molar refractivity (Wildman–Crippen MR) is 69.8 cm³/mol. The van der Waals surface area contributed by atoms with Gasteiger partial charge in [0.1, 0.15) is 9.88 Å². The molecule has 0 saturated heterocycles. The fourth-order valence-corrected chi connectivity index (χ4v) is 3.13. The van der Waals surface area contributed by atoms with E-state index in [2.05, 4.69) is 16.4 Å². The van der Waals surface area contributed by atoms with Crippen LogP contribution in [0.25, 0.3) is 0 Å². The highest BCUT2D eigenvalue weighted by Crippen LogP contribution is 2.23. The van der Waals surface area contributed by atoms with Crippen LogP contribution in [0.5, 0.6) is 0 Å². The first-order valence-electron chi connectivity index (χ1n) is 5.39. The third-order valence-electron chi connectivity index (χ3n) is 2.68. The van der Waals surface area contributed by atoms with Gasteiger partial charge in [-0.1, -0.05) is 18.7 Å². The van der Waals surface area contributed by atoms with Crippen LogP contribution in [0.2, 0.25) is 0 Å². The standard InChI is InChI=1S/C11H17N3S2/c1-3-11(9-12,13-2)5-4-7-15-10-14-6-8-16-10/h6,8,13H,3-5,7H2,1-2H3. The lowest BCUT2D eigenvalue weighted by atomic mass is 9.93. The summed E-state index contributed by atoms with van der Waals surface area (Å²) < 4.78 is 1.11. The predicted octanol–water partition coefficient (Wildman–Crippen LogP) is 2.91. The molecule has 1 aromatic heterocycles. The molecule has 0 aliphatic carbocycles. The SMILES string of the molecule is CCC(C#N)(CCCSc1nccs1)NC. The normalized spacial score (nSPS) is 14.3. The van der Waals surface area contributed by atoms with Gasteiger partial charge in [-0.2, -0.15) is 5.26 Å². The molecule has 16 heavy (non-hydrogen) atoms. The molecule has 0 saturated carbocycles. The van der Waals surface area contributed by atoms with Crippen LogP contribution < -0.4 is 5.32 Å². The highest BCUT2D eigenvalue weighted by Gasteiger charge is 2.24. The molecule has 1 unspecified atom stereocenters. The van der Waals surface area contributed by atoms with E-state index in [9.17, 15) is 0 Å². The number of hydrogen-bond donors (Lipinski definition) is 1. The lowest BCUT2D eigenvalue weighted by Gasteiger charge is -2.24. The zero-order valence-corrected chi connectivity index (χ0v) is 11.3. The van der Waals surface area contributed by atoms with Crippen molar-refractivity contribution < 1.29 is 0 Å². The number of nitriles is 1. The summed E-state index contributed by atoms with van der Waals surface area (Å²) in [5.41, 5.74) is -0.344. The molecule has 1 aromatic rings. The fourth-order valence-electron chi connectivity index (χ4n) is 1.48. The van der Waals surface area contributed by atoms with E-state index in [1.54, 1.807) is 23.1 Å². The van der Waals surface area contributed by atoms with Crippen LogP contribution in [0.15, 0.2) is 15.9 Å². The van der Waals surface area contributed by atoms with E-state index in [0.717, 1.165) is 29.4 Å². The molecule has 0 aliphatic heterocycles. The fraction of sp³-hybridized carbons (Fsp3) is 0.636. The summed E-state index contributed by atoms with van der Waals surface area (Å²) in [5, 5.41) is 14.2. The first-order valence-corrected chi connectivity index (χ1v) is 7.25. The number of nitrogens with zero attached hydrogens (tertiary/aromatic N) is 2. The highest BCUT2D eigenvalue weighted by atomic mass is 32.2. The Morgan fingerprint density at radius 1 is 1.69 bits per heavy atom. The van der Waals surface area contributed by atoms with Crippen LogP contribution in [0.3, 0.4) is 0 Å². The number of hydrogen-bond acceptors (Lipinski definition) is 5. The quantitative estimate of drug-likeness (QED) is 0.601. The van der Waals surface area contributed by atoms with Gasteiger partial charge in [-0.15, -0.1) is 11.3 Å². The molecule has 0 radical (unpaired) electrons. The summed E-state index contributed by atoms with van der Waals surface area (Å²) in [5.74, 6) is 1.03. The topological polar surface area (TPSA) is 48.7 Å². The van der Waals surface area contributed by atoms with Crippen molar-refractivity contribution in [1.82, 2.24) is 10.3 Å². The maximum atomic E-state index is 9.13. The second kappa shape index (κ2) is 6.89. The Hall–Kier alpha value is -0.570. The van der Waals surface area contributed by atoms with Gasteiger partial charge in [-0.25, -0.2) is 4.98 Å². The molecule has 0 spiro atoms. The van der Waals surface area contributed by atoms with Crippen molar-refractivity contribution in [3.05, 3.63) is 11.6 Å². The first-order chi connectivity index (χ1) is 7.76. The monoisotopic (exact) mass is 255 g/mol. The minimum absolute atomic E-state index is 0.344. The van der Waals surface area contributed by atoms with E-state index in [-0.39, 0.29) is 5.54 Å². The average molecular weight is 255 g/mol. The molecule has 3 nitrogen and oxygen atoms in total. The first kappa shape index (κ1) is 13.5. The van der Waals surface area contributed by atoms with E-state index in [1.807, 2.05) is 25.5 Å². The van der Waals surface area contributed by atoms with Gasteiger partial charge >= 0.3 is 0 Å². The smallest absolute Gasteiger partial charge is 0.149 e. The maximum Gasteiger partial charge on any atom is 0.149 e. The molecule has 1 N–H and O–H groups in total. The Bertz CT molecular complexity index is 325. The van der Waals surface area contributed by atoms with Gasteiger partial charge in [0.25, 0.3) is 0 Å². The third-order valence-corrected chi connectivity index (χ3v) is 4.73. The zero-order valence-electron chi connectivity index (χ0n) is 9.69. The summed E-state index contributed by atoms with van der Waals surface area (Å²) in [6.07, 6.45) is 4.61. The molecule has 0 aliphatic rings. The van der Waals surface area contributed by atoms with E-state index in [0.29, 0.717) is 0 Å². The lowest BCUT2D eigenvalue weighted by molar-refractivity contribution is 0.400. The molecule has 1 atom stereocenters. The van der Waals surface area contributed by atoms with E-state index >= 15 is 0 Å². The van der Waals surface area contributed by atoms with Crippen molar-refractivity contribution in [2.45, 2.75) is 36.1 Å². The molecule has 0 bridgehead atoms. The molecule has 0 amide bonds. The summed E-state index contributed by atoms with van der Waals surface area (Å²) in [4.78, 5) is 4.21. The van der Waals surface area contributed by atoms with Crippen molar-refractivity contribution in [1.29, 1.82) is 5.26 Å². The van der Waals surface area contributed by atoms with Crippen LogP contribution in [0.1, 0.15) is 26.2 Å². The van der Waals surface area contributed by atoms with Gasteiger partial charge in [0.05, 0.1) is 6.07 Å². The summed E-state index contributed by atoms with van der Waals surface area (Å²) in [6.45, 7) is 2.05. The molecular weight excluding hydrogens is 238 g/mol. The summed E-state index contributed by atoms with van der Waals surface area (Å²) >= 11 is 3.44. The van der Waals surface area contributed by atoms with Gasteiger partial charge in [-0.3, -0.25) is 0 Å². The number of thioether (sulfide) groups is 1. The van der Waals surface area contributed by atoms with Crippen LogP contribution in [0.4, 0.5) is 0 Å². The molecular formula is C11H17N3S2. The maximum absolute atomic E-state index is 9.13. The van der Waals surface area contributed by atoms with Gasteiger partial charge in [0, 0.05) is 17.3 Å². The number of nitrogens with one attached hydrogen (secondary N) is 1. The zero-order chi connectivity index (χ0) is 11.9. The second-order valence-corrected chi connectivity index (χ2v) is 5.78. The van der Waals surface area contributed by atoms with Crippen molar-refractivity contribution in [3.8, 4) is 6.07 Å².